The maximum absolute atomic E-state index is 13.3. The largest absolute Gasteiger partial charge is 0.279 e. The van der Waals surface area contributed by atoms with Crippen LogP contribution in [0, 0.1) is 20.8 Å². The number of hydrogen-bond acceptors (Lipinski definition) is 3. The molecule has 0 aliphatic rings. The summed E-state index contributed by atoms with van der Waals surface area (Å²) >= 11 is 0. The molecule has 3 rings (SSSR count). The van der Waals surface area contributed by atoms with Crippen molar-refractivity contribution in [2.45, 2.75) is 45.4 Å². The Bertz CT molecular complexity index is 1070. The van der Waals surface area contributed by atoms with E-state index in [9.17, 15) is 8.42 Å². The van der Waals surface area contributed by atoms with Crippen molar-refractivity contribution in [2.75, 3.05) is 4.72 Å². The second kappa shape index (κ2) is 7.19. The maximum atomic E-state index is 13.3. The molecule has 0 unspecified atom stereocenters. The van der Waals surface area contributed by atoms with Gasteiger partial charge < -0.3 is 0 Å². The summed E-state index contributed by atoms with van der Waals surface area (Å²) in [6, 6.07) is 15.4. The highest BCUT2D eigenvalue weighted by Gasteiger charge is 2.26. The first-order chi connectivity index (χ1) is 12.7. The molecule has 27 heavy (non-hydrogen) atoms. The molecular formula is C21H25N3O2S. The molecule has 0 aliphatic carbocycles. The molecule has 0 spiro atoms. The molecular weight excluding hydrogens is 358 g/mol. The Balaban J connectivity index is 2.09. The number of aryl methyl sites for hydroxylation is 2. The fraction of sp³-hybridized carbons (Fsp3) is 0.286. The zero-order chi connectivity index (χ0) is 19.8. The minimum absolute atomic E-state index is 0.205. The fourth-order valence-corrected chi connectivity index (χ4v) is 4.89. The molecule has 1 N–H and O–H groups in total. The van der Waals surface area contributed by atoms with E-state index in [4.69, 9.17) is 0 Å². The molecule has 0 bridgehead atoms. The number of benzene rings is 2. The Labute approximate surface area is 161 Å². The predicted molar refractivity (Wildman–Crippen MR) is 109 cm³/mol. The van der Waals surface area contributed by atoms with Gasteiger partial charge in [0.15, 0.2) is 0 Å². The predicted octanol–water partition coefficient (Wildman–Crippen LogP) is 4.72. The van der Waals surface area contributed by atoms with Crippen molar-refractivity contribution in [1.29, 1.82) is 0 Å². The van der Waals surface area contributed by atoms with Crippen LogP contribution in [0.25, 0.3) is 5.69 Å². The van der Waals surface area contributed by atoms with E-state index in [2.05, 4.69) is 23.7 Å². The van der Waals surface area contributed by atoms with Crippen molar-refractivity contribution in [3.63, 3.8) is 0 Å². The van der Waals surface area contributed by atoms with E-state index < -0.39 is 10.0 Å². The second-order valence-electron chi connectivity index (χ2n) is 7.05. The van der Waals surface area contributed by atoms with Gasteiger partial charge in [-0.3, -0.25) is 4.72 Å². The van der Waals surface area contributed by atoms with Crippen LogP contribution in [0.4, 0.5) is 5.69 Å². The summed E-state index contributed by atoms with van der Waals surface area (Å²) < 4.78 is 31.0. The van der Waals surface area contributed by atoms with Gasteiger partial charge in [-0.2, -0.15) is 5.10 Å². The molecule has 6 heteroatoms. The van der Waals surface area contributed by atoms with E-state index >= 15 is 0 Å². The first-order valence-electron chi connectivity index (χ1n) is 8.96. The first-order valence-corrected chi connectivity index (χ1v) is 10.4. The quantitative estimate of drug-likeness (QED) is 0.693. The van der Waals surface area contributed by atoms with Gasteiger partial charge in [0, 0.05) is 0 Å². The third kappa shape index (κ3) is 3.62. The molecule has 0 amide bonds. The van der Waals surface area contributed by atoms with Crippen molar-refractivity contribution >= 4 is 15.7 Å². The summed E-state index contributed by atoms with van der Waals surface area (Å²) in [5.41, 5.74) is 4.42. The Morgan fingerprint density at radius 2 is 1.63 bits per heavy atom. The lowest BCUT2D eigenvalue weighted by molar-refractivity contribution is 0.600. The van der Waals surface area contributed by atoms with E-state index in [0.717, 1.165) is 16.8 Å². The Kier molecular flexibility index (Phi) is 5.11. The van der Waals surface area contributed by atoms with Crippen molar-refractivity contribution in [3.8, 4) is 5.69 Å². The molecule has 0 fully saturated rings. The third-order valence-corrected chi connectivity index (χ3v) is 6.26. The van der Waals surface area contributed by atoms with Crippen LogP contribution in [-0.2, 0) is 10.0 Å². The standard InChI is InChI=1S/C21H25N3O2S/c1-14(2)19-13-9-10-15(3)20(19)23-27(25,26)21-16(4)22-24(17(21)5)18-11-7-6-8-12-18/h6-14,23H,1-5H3. The average Bonchev–Trinajstić information content (AvgIpc) is 2.92. The van der Waals surface area contributed by atoms with Crippen molar-refractivity contribution in [3.05, 3.63) is 71.0 Å². The van der Waals surface area contributed by atoms with Crippen LogP contribution in [0.1, 0.15) is 42.3 Å². The number of sulfonamides is 1. The molecule has 2 aromatic carbocycles. The van der Waals surface area contributed by atoms with Gasteiger partial charge in [-0.05, 0) is 49.9 Å². The first kappa shape index (κ1) is 19.2. The number of para-hydroxylation sites is 2. The van der Waals surface area contributed by atoms with Crippen molar-refractivity contribution < 1.29 is 8.42 Å². The summed E-state index contributed by atoms with van der Waals surface area (Å²) in [6.07, 6.45) is 0. The number of hydrogen-bond donors (Lipinski definition) is 1. The monoisotopic (exact) mass is 383 g/mol. The summed E-state index contributed by atoms with van der Waals surface area (Å²) in [5.74, 6) is 0.205. The van der Waals surface area contributed by atoms with E-state index in [0.29, 0.717) is 17.1 Å². The summed E-state index contributed by atoms with van der Waals surface area (Å²) in [7, 11) is -3.77. The van der Waals surface area contributed by atoms with Gasteiger partial charge in [0.2, 0.25) is 0 Å². The maximum Gasteiger partial charge on any atom is 0.265 e. The van der Waals surface area contributed by atoms with Crippen LogP contribution in [-0.4, -0.2) is 18.2 Å². The molecule has 0 radical (unpaired) electrons. The highest BCUT2D eigenvalue weighted by Crippen LogP contribution is 2.31. The van der Waals surface area contributed by atoms with Crippen molar-refractivity contribution in [2.24, 2.45) is 0 Å². The van der Waals surface area contributed by atoms with Crippen LogP contribution in [0.15, 0.2) is 53.4 Å². The number of rotatable bonds is 5. The van der Waals surface area contributed by atoms with E-state index in [-0.39, 0.29) is 10.8 Å². The third-order valence-electron chi connectivity index (χ3n) is 4.66. The highest BCUT2D eigenvalue weighted by atomic mass is 32.2. The molecule has 1 heterocycles. The molecule has 5 nitrogen and oxygen atoms in total. The van der Waals surface area contributed by atoms with Gasteiger partial charge in [0.05, 0.1) is 22.8 Å². The number of nitrogens with one attached hydrogen (secondary N) is 1. The van der Waals surface area contributed by atoms with Crippen molar-refractivity contribution in [1.82, 2.24) is 9.78 Å². The minimum Gasteiger partial charge on any atom is -0.279 e. The van der Waals surface area contributed by atoms with E-state index in [1.807, 2.05) is 55.5 Å². The summed E-state index contributed by atoms with van der Waals surface area (Å²) in [5, 5.41) is 4.47. The molecule has 0 atom stereocenters. The van der Waals surface area contributed by atoms with Gasteiger partial charge in [-0.1, -0.05) is 50.2 Å². The Morgan fingerprint density at radius 1 is 0.963 bits per heavy atom. The fourth-order valence-electron chi connectivity index (χ4n) is 3.33. The van der Waals surface area contributed by atoms with Crippen LogP contribution in [0.5, 0.6) is 0 Å². The molecule has 3 aromatic rings. The topological polar surface area (TPSA) is 64.0 Å². The van der Waals surface area contributed by atoms with Gasteiger partial charge in [0.25, 0.3) is 10.0 Å². The van der Waals surface area contributed by atoms with Gasteiger partial charge in [0.1, 0.15) is 4.90 Å². The lowest BCUT2D eigenvalue weighted by atomic mass is 9.99. The van der Waals surface area contributed by atoms with E-state index in [1.54, 1.807) is 18.5 Å². The van der Waals surface area contributed by atoms with Gasteiger partial charge in [-0.25, -0.2) is 13.1 Å². The second-order valence-corrected chi connectivity index (χ2v) is 8.67. The summed E-state index contributed by atoms with van der Waals surface area (Å²) in [6.45, 7) is 9.52. The SMILES string of the molecule is Cc1cccc(C(C)C)c1NS(=O)(=O)c1c(C)nn(-c2ccccc2)c1C. The van der Waals surface area contributed by atoms with Crippen LogP contribution in [0.2, 0.25) is 0 Å². The minimum atomic E-state index is -3.77. The van der Waals surface area contributed by atoms with Gasteiger partial charge >= 0.3 is 0 Å². The average molecular weight is 384 g/mol. The smallest absolute Gasteiger partial charge is 0.265 e. The normalized spacial score (nSPS) is 11.8. The molecule has 0 saturated carbocycles. The Morgan fingerprint density at radius 3 is 2.26 bits per heavy atom. The molecule has 142 valence electrons. The lowest BCUT2D eigenvalue weighted by Crippen LogP contribution is -2.17. The van der Waals surface area contributed by atoms with E-state index in [1.165, 1.54) is 0 Å². The molecule has 0 aliphatic heterocycles. The Hall–Kier alpha value is -2.60. The summed E-state index contributed by atoms with van der Waals surface area (Å²) in [4.78, 5) is 0.226. The molecule has 1 aromatic heterocycles. The number of nitrogens with zero attached hydrogens (tertiary/aromatic N) is 2. The number of anilines is 1. The van der Waals surface area contributed by atoms with Crippen LogP contribution in [0.3, 0.4) is 0 Å². The lowest BCUT2D eigenvalue weighted by Gasteiger charge is -2.17. The highest BCUT2D eigenvalue weighted by molar-refractivity contribution is 7.92. The van der Waals surface area contributed by atoms with Crippen LogP contribution >= 0.6 is 0 Å². The van der Waals surface area contributed by atoms with Crippen LogP contribution < -0.4 is 4.72 Å². The number of aromatic nitrogens is 2. The molecule has 0 saturated heterocycles. The van der Waals surface area contributed by atoms with Gasteiger partial charge in [-0.15, -0.1) is 0 Å². The zero-order valence-electron chi connectivity index (χ0n) is 16.3. The zero-order valence-corrected chi connectivity index (χ0v) is 17.1.